The van der Waals surface area contributed by atoms with Crippen molar-refractivity contribution in [1.82, 2.24) is 0 Å². The second-order valence-electron chi connectivity index (χ2n) is 3.66. The van der Waals surface area contributed by atoms with E-state index in [1.54, 1.807) is 0 Å². The SMILES string of the molecule is CC=CC(C)(C)Oc1ccc(Cl)cc1. The van der Waals surface area contributed by atoms with Crippen molar-refractivity contribution in [3.8, 4) is 5.75 Å². The normalized spacial score (nSPS) is 12.0. The summed E-state index contributed by atoms with van der Waals surface area (Å²) in [6.45, 7) is 6.01. The Morgan fingerprint density at radius 2 is 1.79 bits per heavy atom. The van der Waals surface area contributed by atoms with Crippen molar-refractivity contribution in [2.75, 3.05) is 0 Å². The molecule has 0 bridgehead atoms. The Morgan fingerprint density at radius 3 is 2.29 bits per heavy atom. The first-order valence-electron chi connectivity index (χ1n) is 4.62. The highest BCUT2D eigenvalue weighted by Crippen LogP contribution is 2.21. The predicted molar refractivity (Wildman–Crippen MR) is 61.0 cm³/mol. The fourth-order valence-corrected chi connectivity index (χ4v) is 1.37. The first kappa shape index (κ1) is 11.1. The molecule has 0 heterocycles. The van der Waals surface area contributed by atoms with Gasteiger partial charge in [0.2, 0.25) is 0 Å². The van der Waals surface area contributed by atoms with Gasteiger partial charge in [0, 0.05) is 5.02 Å². The van der Waals surface area contributed by atoms with E-state index in [0.29, 0.717) is 0 Å². The summed E-state index contributed by atoms with van der Waals surface area (Å²) < 4.78 is 5.75. The molecule has 1 aromatic rings. The van der Waals surface area contributed by atoms with E-state index >= 15 is 0 Å². The fourth-order valence-electron chi connectivity index (χ4n) is 1.24. The molecule has 0 saturated carbocycles. The molecule has 0 aliphatic carbocycles. The van der Waals surface area contributed by atoms with E-state index in [4.69, 9.17) is 16.3 Å². The molecule has 76 valence electrons. The second kappa shape index (κ2) is 4.52. The topological polar surface area (TPSA) is 9.23 Å². The van der Waals surface area contributed by atoms with Crippen LogP contribution in [0.1, 0.15) is 20.8 Å². The molecule has 0 spiro atoms. The molecular formula is C12H15ClO. The summed E-state index contributed by atoms with van der Waals surface area (Å²) in [6.07, 6.45) is 4.00. The molecule has 0 atom stereocenters. The highest BCUT2D eigenvalue weighted by molar-refractivity contribution is 6.30. The third kappa shape index (κ3) is 3.43. The van der Waals surface area contributed by atoms with Crippen LogP contribution in [-0.4, -0.2) is 5.60 Å². The molecule has 1 rings (SSSR count). The lowest BCUT2D eigenvalue weighted by atomic mass is 10.1. The summed E-state index contributed by atoms with van der Waals surface area (Å²) in [4.78, 5) is 0. The Labute approximate surface area is 90.3 Å². The minimum atomic E-state index is -0.275. The van der Waals surface area contributed by atoms with E-state index in [2.05, 4.69) is 0 Å². The summed E-state index contributed by atoms with van der Waals surface area (Å²) in [5.74, 6) is 0.831. The summed E-state index contributed by atoms with van der Waals surface area (Å²) >= 11 is 5.77. The van der Waals surface area contributed by atoms with Crippen LogP contribution in [0.2, 0.25) is 5.02 Å². The number of hydrogen-bond donors (Lipinski definition) is 0. The minimum Gasteiger partial charge on any atom is -0.484 e. The molecule has 0 radical (unpaired) electrons. The number of rotatable bonds is 3. The number of ether oxygens (including phenoxy) is 1. The Bertz CT molecular complexity index is 312. The van der Waals surface area contributed by atoms with Crippen LogP contribution in [0.5, 0.6) is 5.75 Å². The predicted octanol–water partition coefficient (Wildman–Crippen LogP) is 4.07. The molecule has 1 aromatic carbocycles. The third-order valence-electron chi connectivity index (χ3n) is 1.76. The fraction of sp³-hybridized carbons (Fsp3) is 0.333. The lowest BCUT2D eigenvalue weighted by Gasteiger charge is -2.22. The van der Waals surface area contributed by atoms with Crippen LogP contribution in [0.3, 0.4) is 0 Å². The van der Waals surface area contributed by atoms with Gasteiger partial charge in [0.05, 0.1) is 0 Å². The zero-order chi connectivity index (χ0) is 10.6. The highest BCUT2D eigenvalue weighted by atomic mass is 35.5. The molecule has 0 unspecified atom stereocenters. The van der Waals surface area contributed by atoms with Gasteiger partial charge in [-0.2, -0.15) is 0 Å². The molecule has 0 aliphatic heterocycles. The van der Waals surface area contributed by atoms with Crippen molar-refractivity contribution >= 4 is 11.6 Å². The zero-order valence-corrected chi connectivity index (χ0v) is 9.51. The number of allylic oxidation sites excluding steroid dienone is 1. The van der Waals surface area contributed by atoms with Crippen LogP contribution < -0.4 is 4.74 Å². The minimum absolute atomic E-state index is 0.275. The smallest absolute Gasteiger partial charge is 0.121 e. The number of halogens is 1. The van der Waals surface area contributed by atoms with Crippen molar-refractivity contribution in [3.63, 3.8) is 0 Å². The molecular weight excluding hydrogens is 196 g/mol. The Morgan fingerprint density at radius 1 is 1.21 bits per heavy atom. The maximum Gasteiger partial charge on any atom is 0.121 e. The molecule has 14 heavy (non-hydrogen) atoms. The number of benzene rings is 1. The van der Waals surface area contributed by atoms with Gasteiger partial charge in [0.1, 0.15) is 11.4 Å². The molecule has 0 saturated heterocycles. The summed E-state index contributed by atoms with van der Waals surface area (Å²) in [6, 6.07) is 7.38. The average molecular weight is 211 g/mol. The largest absolute Gasteiger partial charge is 0.484 e. The quantitative estimate of drug-likeness (QED) is 0.684. The third-order valence-corrected chi connectivity index (χ3v) is 2.01. The van der Waals surface area contributed by atoms with Crippen molar-refractivity contribution in [1.29, 1.82) is 0 Å². The maximum absolute atomic E-state index is 5.77. The molecule has 0 aromatic heterocycles. The van der Waals surface area contributed by atoms with E-state index in [1.165, 1.54) is 0 Å². The molecule has 0 N–H and O–H groups in total. The monoisotopic (exact) mass is 210 g/mol. The van der Waals surface area contributed by atoms with Crippen LogP contribution in [-0.2, 0) is 0 Å². The van der Waals surface area contributed by atoms with Gasteiger partial charge in [-0.1, -0.05) is 17.7 Å². The van der Waals surface area contributed by atoms with Gasteiger partial charge < -0.3 is 4.74 Å². The zero-order valence-electron chi connectivity index (χ0n) is 8.75. The lowest BCUT2D eigenvalue weighted by Crippen LogP contribution is -2.24. The van der Waals surface area contributed by atoms with Gasteiger partial charge in [-0.15, -0.1) is 0 Å². The maximum atomic E-state index is 5.77. The van der Waals surface area contributed by atoms with Gasteiger partial charge in [0.25, 0.3) is 0 Å². The highest BCUT2D eigenvalue weighted by Gasteiger charge is 2.14. The summed E-state index contributed by atoms with van der Waals surface area (Å²) in [5.41, 5.74) is -0.275. The van der Waals surface area contributed by atoms with Crippen molar-refractivity contribution in [2.45, 2.75) is 26.4 Å². The van der Waals surface area contributed by atoms with E-state index < -0.39 is 0 Å². The van der Waals surface area contributed by atoms with Gasteiger partial charge >= 0.3 is 0 Å². The van der Waals surface area contributed by atoms with E-state index in [9.17, 15) is 0 Å². The Kier molecular flexibility index (Phi) is 3.59. The Balaban J connectivity index is 2.73. The summed E-state index contributed by atoms with van der Waals surface area (Å²) in [7, 11) is 0. The van der Waals surface area contributed by atoms with Crippen molar-refractivity contribution in [2.24, 2.45) is 0 Å². The van der Waals surface area contributed by atoms with E-state index in [0.717, 1.165) is 10.8 Å². The van der Waals surface area contributed by atoms with Crippen LogP contribution in [0.15, 0.2) is 36.4 Å². The van der Waals surface area contributed by atoms with Crippen LogP contribution in [0.25, 0.3) is 0 Å². The Hall–Kier alpha value is -0.950. The molecule has 1 nitrogen and oxygen atoms in total. The van der Waals surface area contributed by atoms with Gasteiger partial charge in [-0.05, 0) is 51.1 Å². The van der Waals surface area contributed by atoms with Gasteiger partial charge in [0.15, 0.2) is 0 Å². The van der Waals surface area contributed by atoms with Crippen molar-refractivity contribution < 1.29 is 4.74 Å². The average Bonchev–Trinajstić information content (AvgIpc) is 2.08. The van der Waals surface area contributed by atoms with Gasteiger partial charge in [-0.3, -0.25) is 0 Å². The van der Waals surface area contributed by atoms with Crippen LogP contribution >= 0.6 is 11.6 Å². The van der Waals surface area contributed by atoms with Crippen LogP contribution in [0.4, 0.5) is 0 Å². The van der Waals surface area contributed by atoms with E-state index in [-0.39, 0.29) is 5.60 Å². The van der Waals surface area contributed by atoms with Gasteiger partial charge in [-0.25, -0.2) is 0 Å². The molecule has 0 amide bonds. The molecule has 2 heteroatoms. The van der Waals surface area contributed by atoms with E-state index in [1.807, 2.05) is 57.2 Å². The lowest BCUT2D eigenvalue weighted by molar-refractivity contribution is 0.162. The van der Waals surface area contributed by atoms with Crippen molar-refractivity contribution in [3.05, 3.63) is 41.4 Å². The summed E-state index contributed by atoms with van der Waals surface area (Å²) in [5, 5.41) is 0.723. The molecule has 0 aliphatic rings. The first-order valence-corrected chi connectivity index (χ1v) is 5.00. The standard InChI is InChI=1S/C12H15ClO/c1-4-9-12(2,3)14-11-7-5-10(13)6-8-11/h4-9H,1-3H3. The van der Waals surface area contributed by atoms with Crippen LogP contribution in [0, 0.1) is 0 Å². The first-order chi connectivity index (χ1) is 6.53. The number of hydrogen-bond acceptors (Lipinski definition) is 1. The molecule has 0 fully saturated rings. The second-order valence-corrected chi connectivity index (χ2v) is 4.10.